The second-order valence-electron chi connectivity index (χ2n) is 4.26. The van der Waals surface area contributed by atoms with Crippen molar-refractivity contribution in [2.45, 2.75) is 58.5 Å². The first kappa shape index (κ1) is 13.1. The Kier molecular flexibility index (Phi) is 6.74. The van der Waals surface area contributed by atoms with Crippen molar-refractivity contribution in [1.82, 2.24) is 15.3 Å². The van der Waals surface area contributed by atoms with Crippen LogP contribution in [0.5, 0.6) is 0 Å². The number of hydrogen-bond acceptors (Lipinski definition) is 3. The van der Waals surface area contributed by atoms with Crippen LogP contribution in [0.15, 0.2) is 18.7 Å². The maximum absolute atomic E-state index is 4.02. The fourth-order valence-electron chi connectivity index (χ4n) is 1.83. The zero-order valence-corrected chi connectivity index (χ0v) is 10.4. The minimum absolute atomic E-state index is 0.644. The predicted octanol–water partition coefficient (Wildman–Crippen LogP) is 2.93. The molecule has 16 heavy (non-hydrogen) atoms. The third-order valence-corrected chi connectivity index (χ3v) is 2.75. The molecule has 1 aromatic heterocycles. The lowest BCUT2D eigenvalue weighted by molar-refractivity contribution is 0.433. The summed E-state index contributed by atoms with van der Waals surface area (Å²) in [5, 5.41) is 3.59. The molecular formula is C13H23N3. The summed E-state index contributed by atoms with van der Waals surface area (Å²) in [5.41, 5.74) is 1.17. The van der Waals surface area contributed by atoms with Gasteiger partial charge in [-0.05, 0) is 12.8 Å². The molecule has 3 nitrogen and oxygen atoms in total. The Balaban J connectivity index is 2.31. The van der Waals surface area contributed by atoms with Crippen molar-refractivity contribution in [1.29, 1.82) is 0 Å². The van der Waals surface area contributed by atoms with Gasteiger partial charge in [-0.3, -0.25) is 0 Å². The Morgan fingerprint density at radius 3 is 2.50 bits per heavy atom. The van der Waals surface area contributed by atoms with Crippen LogP contribution < -0.4 is 5.32 Å². The summed E-state index contributed by atoms with van der Waals surface area (Å²) in [6.07, 6.45) is 11.7. The Bertz CT molecular complexity index is 261. The molecule has 0 saturated carbocycles. The minimum atomic E-state index is 0.644. The minimum Gasteiger partial charge on any atom is -0.310 e. The largest absolute Gasteiger partial charge is 0.310 e. The molecule has 1 heterocycles. The maximum Gasteiger partial charge on any atom is 0.115 e. The molecule has 1 atom stereocenters. The monoisotopic (exact) mass is 221 g/mol. The average Bonchev–Trinajstić information content (AvgIpc) is 2.34. The molecule has 0 aliphatic heterocycles. The Labute approximate surface area is 98.7 Å². The van der Waals surface area contributed by atoms with Crippen LogP contribution in [0.3, 0.4) is 0 Å². The SMILES string of the molecule is CCCCC(CCC)NCc1cncnc1. The number of nitrogens with zero attached hydrogens (tertiary/aromatic N) is 2. The van der Waals surface area contributed by atoms with Gasteiger partial charge in [-0.15, -0.1) is 0 Å². The van der Waals surface area contributed by atoms with Crippen LogP contribution in [0.4, 0.5) is 0 Å². The second kappa shape index (κ2) is 8.22. The second-order valence-corrected chi connectivity index (χ2v) is 4.26. The first-order valence-corrected chi connectivity index (χ1v) is 6.34. The third-order valence-electron chi connectivity index (χ3n) is 2.75. The molecule has 1 aromatic rings. The molecule has 1 unspecified atom stereocenters. The highest BCUT2D eigenvalue weighted by atomic mass is 14.9. The van der Waals surface area contributed by atoms with Crippen molar-refractivity contribution in [3.63, 3.8) is 0 Å². The highest BCUT2D eigenvalue weighted by molar-refractivity contribution is 5.01. The summed E-state index contributed by atoms with van der Waals surface area (Å²) in [6, 6.07) is 0.644. The highest BCUT2D eigenvalue weighted by Crippen LogP contribution is 2.07. The maximum atomic E-state index is 4.02. The molecule has 0 spiro atoms. The molecule has 0 radical (unpaired) electrons. The number of nitrogens with one attached hydrogen (secondary N) is 1. The number of unbranched alkanes of at least 4 members (excludes halogenated alkanes) is 1. The summed E-state index contributed by atoms with van der Waals surface area (Å²) in [4.78, 5) is 8.04. The third kappa shape index (κ3) is 5.21. The summed E-state index contributed by atoms with van der Waals surface area (Å²) < 4.78 is 0. The summed E-state index contributed by atoms with van der Waals surface area (Å²) >= 11 is 0. The fourth-order valence-corrected chi connectivity index (χ4v) is 1.83. The van der Waals surface area contributed by atoms with Crippen molar-refractivity contribution in [3.05, 3.63) is 24.3 Å². The van der Waals surface area contributed by atoms with Gasteiger partial charge in [0.2, 0.25) is 0 Å². The van der Waals surface area contributed by atoms with E-state index < -0.39 is 0 Å². The molecule has 0 aromatic carbocycles. The smallest absolute Gasteiger partial charge is 0.115 e. The van der Waals surface area contributed by atoms with Gasteiger partial charge in [-0.1, -0.05) is 33.1 Å². The predicted molar refractivity (Wildman–Crippen MR) is 67.1 cm³/mol. The van der Waals surface area contributed by atoms with Gasteiger partial charge in [0.15, 0.2) is 0 Å². The fraction of sp³-hybridized carbons (Fsp3) is 0.692. The van der Waals surface area contributed by atoms with Gasteiger partial charge < -0.3 is 5.32 Å². The first-order chi connectivity index (χ1) is 7.86. The zero-order valence-electron chi connectivity index (χ0n) is 10.4. The molecule has 1 rings (SSSR count). The Morgan fingerprint density at radius 1 is 1.12 bits per heavy atom. The van der Waals surface area contributed by atoms with Gasteiger partial charge in [0.05, 0.1) is 0 Å². The van der Waals surface area contributed by atoms with E-state index in [1.54, 1.807) is 6.33 Å². The van der Waals surface area contributed by atoms with Crippen LogP contribution in [-0.2, 0) is 6.54 Å². The van der Waals surface area contributed by atoms with Gasteiger partial charge in [-0.2, -0.15) is 0 Å². The van der Waals surface area contributed by atoms with E-state index in [0.717, 1.165) is 6.54 Å². The number of hydrogen-bond donors (Lipinski definition) is 1. The van der Waals surface area contributed by atoms with E-state index in [0.29, 0.717) is 6.04 Å². The summed E-state index contributed by atoms with van der Waals surface area (Å²) in [6.45, 7) is 5.37. The lowest BCUT2D eigenvalue weighted by atomic mass is 10.1. The van der Waals surface area contributed by atoms with Crippen LogP contribution in [0.2, 0.25) is 0 Å². The van der Waals surface area contributed by atoms with E-state index >= 15 is 0 Å². The van der Waals surface area contributed by atoms with Gasteiger partial charge in [0.25, 0.3) is 0 Å². The summed E-state index contributed by atoms with van der Waals surface area (Å²) in [5.74, 6) is 0. The first-order valence-electron chi connectivity index (χ1n) is 6.34. The van der Waals surface area contributed by atoms with Gasteiger partial charge in [0.1, 0.15) is 6.33 Å². The van der Waals surface area contributed by atoms with Crippen LogP contribution in [0.1, 0.15) is 51.5 Å². The summed E-state index contributed by atoms with van der Waals surface area (Å²) in [7, 11) is 0. The number of rotatable bonds is 8. The lowest BCUT2D eigenvalue weighted by Crippen LogP contribution is -2.28. The number of aromatic nitrogens is 2. The molecule has 0 saturated heterocycles. The quantitative estimate of drug-likeness (QED) is 0.733. The Morgan fingerprint density at radius 2 is 1.88 bits per heavy atom. The molecule has 0 amide bonds. The topological polar surface area (TPSA) is 37.8 Å². The van der Waals surface area contributed by atoms with Crippen LogP contribution in [0.25, 0.3) is 0 Å². The van der Waals surface area contributed by atoms with Crippen LogP contribution in [0, 0.1) is 0 Å². The van der Waals surface area contributed by atoms with E-state index in [2.05, 4.69) is 29.1 Å². The van der Waals surface area contributed by atoms with Gasteiger partial charge in [0, 0.05) is 30.5 Å². The lowest BCUT2D eigenvalue weighted by Gasteiger charge is -2.17. The molecule has 1 N–H and O–H groups in total. The molecule has 0 aliphatic carbocycles. The molecule has 0 bridgehead atoms. The van der Waals surface area contributed by atoms with Gasteiger partial charge in [-0.25, -0.2) is 9.97 Å². The molecule has 90 valence electrons. The Hall–Kier alpha value is -0.960. The van der Waals surface area contributed by atoms with Crippen molar-refractivity contribution in [2.24, 2.45) is 0 Å². The van der Waals surface area contributed by atoms with Crippen molar-refractivity contribution >= 4 is 0 Å². The molecule has 0 fully saturated rings. The van der Waals surface area contributed by atoms with Gasteiger partial charge >= 0.3 is 0 Å². The van der Waals surface area contributed by atoms with E-state index in [9.17, 15) is 0 Å². The zero-order chi connectivity index (χ0) is 11.6. The van der Waals surface area contributed by atoms with Crippen LogP contribution in [-0.4, -0.2) is 16.0 Å². The van der Waals surface area contributed by atoms with Crippen molar-refractivity contribution < 1.29 is 0 Å². The normalized spacial score (nSPS) is 12.6. The average molecular weight is 221 g/mol. The van der Waals surface area contributed by atoms with E-state index in [1.807, 2.05) is 12.4 Å². The van der Waals surface area contributed by atoms with E-state index in [-0.39, 0.29) is 0 Å². The highest BCUT2D eigenvalue weighted by Gasteiger charge is 2.06. The standard InChI is InChI=1S/C13H23N3/c1-3-5-7-13(6-4-2)16-10-12-8-14-11-15-9-12/h8-9,11,13,16H,3-7,10H2,1-2H3. The molecule has 3 heteroatoms. The van der Waals surface area contributed by atoms with Crippen molar-refractivity contribution in [2.75, 3.05) is 0 Å². The van der Waals surface area contributed by atoms with E-state index in [1.165, 1.54) is 37.7 Å². The molecular weight excluding hydrogens is 198 g/mol. The van der Waals surface area contributed by atoms with Crippen LogP contribution >= 0.6 is 0 Å². The van der Waals surface area contributed by atoms with E-state index in [4.69, 9.17) is 0 Å². The molecule has 0 aliphatic rings. The van der Waals surface area contributed by atoms with Crippen molar-refractivity contribution in [3.8, 4) is 0 Å².